The monoisotopic (exact) mass is 469 g/mol. The maximum absolute atomic E-state index is 13.0. The lowest BCUT2D eigenvalue weighted by Crippen LogP contribution is -2.54. The van der Waals surface area contributed by atoms with Gasteiger partial charge in [-0.2, -0.15) is 0 Å². The molecule has 0 saturated heterocycles. The summed E-state index contributed by atoms with van der Waals surface area (Å²) in [7, 11) is 1.72. The molecule has 0 aliphatic heterocycles. The van der Waals surface area contributed by atoms with Crippen LogP contribution in [0.2, 0.25) is 0 Å². The minimum absolute atomic E-state index is 0.108. The lowest BCUT2D eigenvalue weighted by atomic mass is 9.79. The molecule has 11 nitrogen and oxygen atoms in total. The minimum atomic E-state index is -1.38. The predicted octanol–water partition coefficient (Wildman–Crippen LogP) is 0.553. The van der Waals surface area contributed by atoms with Crippen molar-refractivity contribution in [3.8, 4) is 5.75 Å². The predicted molar refractivity (Wildman–Crippen MR) is 126 cm³/mol. The number of anilines is 1. The number of benzene rings is 1. The Labute approximate surface area is 197 Å². The molecule has 2 heterocycles. The van der Waals surface area contributed by atoms with Gasteiger partial charge >= 0.3 is 0 Å². The summed E-state index contributed by atoms with van der Waals surface area (Å²) >= 11 is 0. The minimum Gasteiger partial charge on any atom is -0.494 e. The lowest BCUT2D eigenvalue weighted by Gasteiger charge is -2.43. The fourth-order valence-electron chi connectivity index (χ4n) is 4.36. The zero-order chi connectivity index (χ0) is 24.3. The van der Waals surface area contributed by atoms with Gasteiger partial charge in [-0.05, 0) is 56.5 Å². The van der Waals surface area contributed by atoms with Crippen molar-refractivity contribution in [1.82, 2.24) is 24.4 Å². The molecular formula is C23H31N7O4. The van der Waals surface area contributed by atoms with E-state index < -0.39 is 11.7 Å². The van der Waals surface area contributed by atoms with Gasteiger partial charge in [0.1, 0.15) is 23.2 Å². The van der Waals surface area contributed by atoms with Crippen molar-refractivity contribution in [3.05, 3.63) is 42.5 Å². The summed E-state index contributed by atoms with van der Waals surface area (Å²) in [6.07, 6.45) is 3.71. The number of carbonyl (C=O) groups excluding carboxylic acids is 1. The molecule has 34 heavy (non-hydrogen) atoms. The molecule has 4 rings (SSSR count). The first-order valence-electron chi connectivity index (χ1n) is 11.3. The lowest BCUT2D eigenvalue weighted by molar-refractivity contribution is -0.121. The number of ether oxygens (including phenoxy) is 1. The Hall–Kier alpha value is -3.28. The topological polar surface area (TPSA) is 166 Å². The fourth-order valence-corrected chi connectivity index (χ4v) is 4.36. The van der Waals surface area contributed by atoms with Gasteiger partial charge in [-0.1, -0.05) is 0 Å². The molecule has 2 aromatic heterocycles. The third kappa shape index (κ3) is 4.81. The highest BCUT2D eigenvalue weighted by Gasteiger charge is 2.43. The molecular weight excluding hydrogens is 438 g/mol. The number of hydrogen-bond donors (Lipinski definition) is 4. The second kappa shape index (κ2) is 9.92. The van der Waals surface area contributed by atoms with E-state index >= 15 is 0 Å². The molecule has 1 aromatic carbocycles. The molecule has 3 atom stereocenters. The van der Waals surface area contributed by atoms with Crippen molar-refractivity contribution in [2.75, 3.05) is 25.9 Å². The fraction of sp³-hybridized carbons (Fsp3) is 0.478. The van der Waals surface area contributed by atoms with Gasteiger partial charge in [0, 0.05) is 18.7 Å². The summed E-state index contributed by atoms with van der Waals surface area (Å²) < 4.78 is 7.25. The highest BCUT2D eigenvalue weighted by molar-refractivity contribution is 5.94. The molecule has 1 amide bonds. The van der Waals surface area contributed by atoms with E-state index in [1.807, 2.05) is 0 Å². The molecule has 3 aromatic rings. The second-order valence-corrected chi connectivity index (χ2v) is 8.78. The molecule has 182 valence electrons. The maximum atomic E-state index is 13.0. The molecule has 1 aliphatic rings. The zero-order valence-corrected chi connectivity index (χ0v) is 19.2. The van der Waals surface area contributed by atoms with E-state index in [9.17, 15) is 15.0 Å². The summed E-state index contributed by atoms with van der Waals surface area (Å²) in [4.78, 5) is 27.0. The van der Waals surface area contributed by atoms with E-state index in [1.54, 1.807) is 40.8 Å². The highest BCUT2D eigenvalue weighted by atomic mass is 16.5. The van der Waals surface area contributed by atoms with Crippen LogP contribution in [-0.4, -0.2) is 78.5 Å². The third-order valence-corrected chi connectivity index (χ3v) is 6.49. The SMILES string of the molecule is CN(C(=O)c1ccc(OCCCN)cc1)[C@H]1CC[C@@](O)(Cn2cnc3c(N)ncnc32)[C@H](O)C1. The number of imidazole rings is 1. The number of aliphatic hydroxyl groups is 2. The summed E-state index contributed by atoms with van der Waals surface area (Å²) in [5, 5.41) is 22.1. The van der Waals surface area contributed by atoms with Gasteiger partial charge in [0.2, 0.25) is 0 Å². The Balaban J connectivity index is 1.39. The number of nitrogens with two attached hydrogens (primary N) is 2. The van der Waals surface area contributed by atoms with E-state index in [-0.39, 0.29) is 30.7 Å². The third-order valence-electron chi connectivity index (χ3n) is 6.49. The first kappa shape index (κ1) is 23.9. The van der Waals surface area contributed by atoms with E-state index in [2.05, 4.69) is 15.0 Å². The summed E-state index contributed by atoms with van der Waals surface area (Å²) in [5.41, 5.74) is 11.4. The van der Waals surface area contributed by atoms with E-state index in [1.165, 1.54) is 12.7 Å². The van der Waals surface area contributed by atoms with Crippen LogP contribution in [-0.2, 0) is 6.54 Å². The molecule has 0 radical (unpaired) electrons. The van der Waals surface area contributed by atoms with Crippen LogP contribution >= 0.6 is 0 Å². The summed E-state index contributed by atoms with van der Waals surface area (Å²) in [6.45, 7) is 1.20. The van der Waals surface area contributed by atoms with Crippen molar-refractivity contribution in [2.45, 2.75) is 50.0 Å². The molecule has 1 fully saturated rings. The maximum Gasteiger partial charge on any atom is 0.253 e. The van der Waals surface area contributed by atoms with Crippen LogP contribution in [0, 0.1) is 0 Å². The Morgan fingerprint density at radius 3 is 2.76 bits per heavy atom. The number of aromatic nitrogens is 4. The van der Waals surface area contributed by atoms with Gasteiger partial charge in [0.25, 0.3) is 5.91 Å². The van der Waals surface area contributed by atoms with Crippen molar-refractivity contribution in [1.29, 1.82) is 0 Å². The van der Waals surface area contributed by atoms with Crippen LogP contribution < -0.4 is 16.2 Å². The van der Waals surface area contributed by atoms with Crippen LogP contribution in [0.5, 0.6) is 5.75 Å². The largest absolute Gasteiger partial charge is 0.494 e. The smallest absolute Gasteiger partial charge is 0.253 e. The molecule has 1 aliphatic carbocycles. The Morgan fingerprint density at radius 2 is 2.06 bits per heavy atom. The standard InChI is InChI=1S/C23H31N7O4/c1-29(22(32)15-3-5-17(6-4-15)34-10-2-9-24)16-7-8-23(33,18(31)11-16)12-30-14-28-19-20(25)26-13-27-21(19)30/h3-6,13-14,16,18,31,33H,2,7-12,24H2,1H3,(H2,25,26,27)/t16-,18+,23+/m0/s1. The molecule has 11 heteroatoms. The Morgan fingerprint density at radius 1 is 1.29 bits per heavy atom. The zero-order valence-electron chi connectivity index (χ0n) is 19.2. The molecule has 0 unspecified atom stereocenters. The number of aliphatic hydroxyl groups excluding tert-OH is 1. The van der Waals surface area contributed by atoms with Crippen LogP contribution in [0.15, 0.2) is 36.9 Å². The van der Waals surface area contributed by atoms with E-state index in [0.29, 0.717) is 48.5 Å². The van der Waals surface area contributed by atoms with Gasteiger partial charge in [-0.25, -0.2) is 15.0 Å². The normalized spacial score (nSPS) is 22.6. The van der Waals surface area contributed by atoms with Crippen molar-refractivity contribution in [3.63, 3.8) is 0 Å². The second-order valence-electron chi connectivity index (χ2n) is 8.78. The van der Waals surface area contributed by atoms with Gasteiger partial charge < -0.3 is 35.9 Å². The van der Waals surface area contributed by atoms with Crippen LogP contribution in [0.3, 0.4) is 0 Å². The number of hydrogen-bond acceptors (Lipinski definition) is 9. The Bertz CT molecular complexity index is 1140. The van der Waals surface area contributed by atoms with Crippen molar-refractivity contribution >= 4 is 22.9 Å². The number of fused-ring (bicyclic) bond motifs is 1. The van der Waals surface area contributed by atoms with Gasteiger partial charge in [0.05, 0.1) is 25.6 Å². The molecule has 0 bridgehead atoms. The van der Waals surface area contributed by atoms with Crippen LogP contribution in [0.25, 0.3) is 11.2 Å². The van der Waals surface area contributed by atoms with Crippen LogP contribution in [0.4, 0.5) is 5.82 Å². The van der Waals surface area contributed by atoms with Crippen molar-refractivity contribution < 1.29 is 19.7 Å². The van der Waals surface area contributed by atoms with Gasteiger partial charge in [-0.3, -0.25) is 4.79 Å². The molecule has 0 spiro atoms. The quantitative estimate of drug-likeness (QED) is 0.345. The first-order valence-corrected chi connectivity index (χ1v) is 11.3. The van der Waals surface area contributed by atoms with E-state index in [4.69, 9.17) is 16.2 Å². The molecule has 6 N–H and O–H groups in total. The summed E-state index contributed by atoms with van der Waals surface area (Å²) in [6, 6.07) is 6.77. The first-order chi connectivity index (χ1) is 16.3. The number of carbonyl (C=O) groups is 1. The number of rotatable bonds is 8. The van der Waals surface area contributed by atoms with Gasteiger partial charge in [0.15, 0.2) is 11.5 Å². The van der Waals surface area contributed by atoms with E-state index in [0.717, 1.165) is 6.42 Å². The molecule has 1 saturated carbocycles. The number of nitrogen functional groups attached to an aromatic ring is 1. The highest BCUT2D eigenvalue weighted by Crippen LogP contribution is 2.33. The van der Waals surface area contributed by atoms with Crippen LogP contribution in [0.1, 0.15) is 36.0 Å². The van der Waals surface area contributed by atoms with Crippen molar-refractivity contribution in [2.24, 2.45) is 5.73 Å². The van der Waals surface area contributed by atoms with Gasteiger partial charge in [-0.15, -0.1) is 0 Å². The Kier molecular flexibility index (Phi) is 6.96. The average Bonchev–Trinajstić information content (AvgIpc) is 3.24. The summed E-state index contributed by atoms with van der Waals surface area (Å²) in [5.74, 6) is 0.795. The number of nitrogens with zero attached hydrogens (tertiary/aromatic N) is 5. The average molecular weight is 470 g/mol. The number of amides is 1.